The van der Waals surface area contributed by atoms with Crippen molar-refractivity contribution >= 4 is 5.91 Å². The number of fused-ring (bicyclic) bond motifs is 1. The van der Waals surface area contributed by atoms with Crippen molar-refractivity contribution in [1.82, 2.24) is 10.2 Å². The van der Waals surface area contributed by atoms with Crippen molar-refractivity contribution in [2.75, 3.05) is 13.1 Å². The minimum atomic E-state index is -0.514. The number of furan rings is 1. The summed E-state index contributed by atoms with van der Waals surface area (Å²) in [4.78, 5) is 13.7. The number of hydrogen-bond donors (Lipinski definition) is 2. The van der Waals surface area contributed by atoms with Crippen LogP contribution in [0.1, 0.15) is 34.7 Å². The van der Waals surface area contributed by atoms with Crippen molar-refractivity contribution in [3.63, 3.8) is 0 Å². The summed E-state index contributed by atoms with van der Waals surface area (Å²) in [7, 11) is 0. The molecule has 0 unspecified atom stereocenters. The molecule has 2 fully saturated rings. The van der Waals surface area contributed by atoms with Crippen LogP contribution in [0.3, 0.4) is 0 Å². The average Bonchev–Trinajstić information content (AvgIpc) is 3.30. The van der Waals surface area contributed by atoms with E-state index >= 15 is 0 Å². The number of rotatable bonds is 6. The molecule has 25 heavy (non-hydrogen) atoms. The number of primary amides is 1. The topological polar surface area (TPSA) is 71.5 Å². The highest BCUT2D eigenvalue weighted by Gasteiger charge is 2.42. The molecule has 1 aliphatic heterocycles. The predicted octanol–water partition coefficient (Wildman–Crippen LogP) is 2.38. The first-order chi connectivity index (χ1) is 12.2. The number of benzene rings is 1. The fourth-order valence-corrected chi connectivity index (χ4v) is 4.42. The van der Waals surface area contributed by atoms with Crippen molar-refractivity contribution in [2.45, 2.75) is 32.0 Å². The van der Waals surface area contributed by atoms with Crippen molar-refractivity contribution in [3.8, 4) is 0 Å². The number of nitrogens with zero attached hydrogens (tertiary/aromatic N) is 1. The van der Waals surface area contributed by atoms with E-state index in [9.17, 15) is 4.79 Å². The summed E-state index contributed by atoms with van der Waals surface area (Å²) in [6.07, 6.45) is 2.51. The zero-order valence-corrected chi connectivity index (χ0v) is 14.4. The van der Waals surface area contributed by atoms with Gasteiger partial charge < -0.3 is 15.5 Å². The monoisotopic (exact) mass is 339 g/mol. The molecule has 132 valence electrons. The van der Waals surface area contributed by atoms with Crippen LogP contribution in [0.4, 0.5) is 0 Å². The van der Waals surface area contributed by atoms with Gasteiger partial charge in [-0.15, -0.1) is 0 Å². The van der Waals surface area contributed by atoms with Crippen molar-refractivity contribution in [1.29, 1.82) is 0 Å². The highest BCUT2D eigenvalue weighted by molar-refractivity contribution is 5.89. The Hall–Kier alpha value is -2.11. The highest BCUT2D eigenvalue weighted by Crippen LogP contribution is 2.38. The maximum Gasteiger partial charge on any atom is 0.284 e. The Morgan fingerprint density at radius 2 is 2.00 bits per heavy atom. The predicted molar refractivity (Wildman–Crippen MR) is 95.8 cm³/mol. The fourth-order valence-electron chi connectivity index (χ4n) is 4.42. The molecule has 1 aromatic carbocycles. The van der Waals surface area contributed by atoms with Gasteiger partial charge in [0.25, 0.3) is 5.91 Å². The van der Waals surface area contributed by atoms with Crippen LogP contribution in [0.5, 0.6) is 0 Å². The number of likely N-dealkylation sites (tertiary alicyclic amines) is 1. The molecule has 0 radical (unpaired) electrons. The lowest BCUT2D eigenvalue weighted by Crippen LogP contribution is -2.35. The molecule has 1 aromatic heterocycles. The molecule has 2 heterocycles. The molecule has 1 aliphatic carbocycles. The largest absolute Gasteiger partial charge is 0.455 e. The molecule has 4 rings (SSSR count). The summed E-state index contributed by atoms with van der Waals surface area (Å²) in [5.74, 6) is 1.99. The van der Waals surface area contributed by atoms with Gasteiger partial charge in [-0.2, -0.15) is 0 Å². The summed E-state index contributed by atoms with van der Waals surface area (Å²) in [5, 5.41) is 3.63. The van der Waals surface area contributed by atoms with E-state index in [-0.39, 0.29) is 5.76 Å². The van der Waals surface area contributed by atoms with Gasteiger partial charge in [-0.25, -0.2) is 0 Å². The lowest BCUT2D eigenvalue weighted by Gasteiger charge is -2.21. The average molecular weight is 339 g/mol. The Balaban J connectivity index is 1.31. The normalized spacial score (nSPS) is 26.0. The molecule has 3 N–H and O–H groups in total. The zero-order chi connectivity index (χ0) is 17.2. The number of carbonyl (C=O) groups excluding carboxylic acids is 1. The number of carbonyl (C=O) groups is 1. The van der Waals surface area contributed by atoms with E-state index in [1.807, 2.05) is 6.07 Å². The van der Waals surface area contributed by atoms with E-state index in [2.05, 4.69) is 40.5 Å². The van der Waals surface area contributed by atoms with Crippen molar-refractivity contribution < 1.29 is 9.21 Å². The van der Waals surface area contributed by atoms with E-state index in [4.69, 9.17) is 10.2 Å². The number of nitrogens with one attached hydrogen (secondary N) is 1. The molecule has 2 aliphatic rings. The molecule has 1 saturated carbocycles. The molecule has 2 aromatic rings. The van der Waals surface area contributed by atoms with Gasteiger partial charge in [-0.05, 0) is 42.4 Å². The van der Waals surface area contributed by atoms with Gasteiger partial charge in [0.2, 0.25) is 0 Å². The quantitative estimate of drug-likeness (QED) is 0.848. The first-order valence-corrected chi connectivity index (χ1v) is 9.07. The Morgan fingerprint density at radius 1 is 1.16 bits per heavy atom. The molecule has 1 saturated heterocycles. The van der Waals surface area contributed by atoms with Crippen LogP contribution in [0, 0.1) is 11.8 Å². The zero-order valence-electron chi connectivity index (χ0n) is 14.4. The smallest absolute Gasteiger partial charge is 0.284 e. The minimum absolute atomic E-state index is 0.232. The molecule has 5 heteroatoms. The molecule has 1 amide bonds. The van der Waals surface area contributed by atoms with Crippen molar-refractivity contribution in [2.24, 2.45) is 17.6 Å². The van der Waals surface area contributed by atoms with Gasteiger partial charge >= 0.3 is 0 Å². The fraction of sp³-hybridized carbons (Fsp3) is 0.450. The SMILES string of the molecule is NC(=O)c1ccc(CN[C@@H]2CC[C@H]3CN(Cc4ccccc4)C[C@H]32)o1. The van der Waals surface area contributed by atoms with Crippen LogP contribution in [0.15, 0.2) is 46.9 Å². The summed E-state index contributed by atoms with van der Waals surface area (Å²) < 4.78 is 5.47. The van der Waals surface area contributed by atoms with E-state index in [0.717, 1.165) is 24.8 Å². The van der Waals surface area contributed by atoms with E-state index in [1.54, 1.807) is 6.07 Å². The maximum absolute atomic E-state index is 11.1. The van der Waals surface area contributed by atoms with Crippen LogP contribution in [0.2, 0.25) is 0 Å². The number of hydrogen-bond acceptors (Lipinski definition) is 4. The second kappa shape index (κ2) is 7.02. The van der Waals surface area contributed by atoms with Gasteiger partial charge in [0.15, 0.2) is 5.76 Å². The minimum Gasteiger partial charge on any atom is -0.455 e. The third kappa shape index (κ3) is 3.62. The van der Waals surface area contributed by atoms with Crippen molar-refractivity contribution in [3.05, 3.63) is 59.5 Å². The maximum atomic E-state index is 11.1. The molecule has 3 atom stereocenters. The first kappa shape index (κ1) is 16.4. The second-order valence-corrected chi connectivity index (χ2v) is 7.30. The summed E-state index contributed by atoms with van der Waals surface area (Å²) in [5.41, 5.74) is 6.63. The Labute approximate surface area is 148 Å². The van der Waals surface area contributed by atoms with Crippen LogP contribution >= 0.6 is 0 Å². The van der Waals surface area contributed by atoms with Crippen LogP contribution in [-0.4, -0.2) is 29.9 Å². The lowest BCUT2D eigenvalue weighted by atomic mass is 9.98. The summed E-state index contributed by atoms with van der Waals surface area (Å²) in [6, 6.07) is 14.7. The van der Waals surface area contributed by atoms with Crippen LogP contribution < -0.4 is 11.1 Å². The molecule has 5 nitrogen and oxygen atoms in total. The van der Waals surface area contributed by atoms with Gasteiger partial charge in [0.1, 0.15) is 5.76 Å². The molecular weight excluding hydrogens is 314 g/mol. The van der Waals surface area contributed by atoms with E-state index < -0.39 is 5.91 Å². The Morgan fingerprint density at radius 3 is 2.76 bits per heavy atom. The number of amides is 1. The highest BCUT2D eigenvalue weighted by atomic mass is 16.3. The molecule has 0 spiro atoms. The molecule has 0 bridgehead atoms. The van der Waals surface area contributed by atoms with E-state index in [0.29, 0.717) is 18.5 Å². The van der Waals surface area contributed by atoms with Crippen LogP contribution in [0.25, 0.3) is 0 Å². The summed E-state index contributed by atoms with van der Waals surface area (Å²) >= 11 is 0. The lowest BCUT2D eigenvalue weighted by molar-refractivity contribution is 0.0972. The van der Waals surface area contributed by atoms with Gasteiger partial charge in [0, 0.05) is 25.7 Å². The third-order valence-electron chi connectivity index (χ3n) is 5.62. The third-order valence-corrected chi connectivity index (χ3v) is 5.62. The van der Waals surface area contributed by atoms with Crippen LogP contribution in [-0.2, 0) is 13.1 Å². The van der Waals surface area contributed by atoms with Gasteiger partial charge in [-0.1, -0.05) is 30.3 Å². The first-order valence-electron chi connectivity index (χ1n) is 9.07. The standard InChI is InChI=1S/C20H25N3O2/c21-20(24)19-9-7-16(25-19)10-22-18-8-6-15-12-23(13-17(15)18)11-14-4-2-1-3-5-14/h1-5,7,9,15,17-18,22H,6,8,10-13H2,(H2,21,24)/t15-,17+,18+/m0/s1. The second-order valence-electron chi connectivity index (χ2n) is 7.30. The Kier molecular flexibility index (Phi) is 4.59. The van der Waals surface area contributed by atoms with Gasteiger partial charge in [-0.3, -0.25) is 9.69 Å². The molecular formula is C20H25N3O2. The van der Waals surface area contributed by atoms with Gasteiger partial charge in [0.05, 0.1) is 6.54 Å². The Bertz CT molecular complexity index is 728. The number of nitrogens with two attached hydrogens (primary N) is 1. The van der Waals surface area contributed by atoms with E-state index in [1.165, 1.54) is 24.9 Å². The summed E-state index contributed by atoms with van der Waals surface area (Å²) in [6.45, 7) is 4.05.